The summed E-state index contributed by atoms with van der Waals surface area (Å²) in [6.45, 7) is 6.86. The number of aliphatic hydroxyl groups is 1. The van der Waals surface area contributed by atoms with Gasteiger partial charge in [0, 0.05) is 29.9 Å². The Balaban J connectivity index is 1.50. The first-order valence-electron chi connectivity index (χ1n) is 11.9. The van der Waals surface area contributed by atoms with Crippen LogP contribution in [-0.2, 0) is 19.6 Å². The highest BCUT2D eigenvalue weighted by atomic mass is 16.3. The van der Waals surface area contributed by atoms with E-state index in [2.05, 4.69) is 93.0 Å². The monoisotopic (exact) mass is 467 g/mol. The number of aromatic amines is 1. The molecule has 35 heavy (non-hydrogen) atoms. The van der Waals surface area contributed by atoms with Gasteiger partial charge in [-0.15, -0.1) is 10.2 Å². The summed E-state index contributed by atoms with van der Waals surface area (Å²) in [4.78, 5) is 4.98. The van der Waals surface area contributed by atoms with Crippen molar-refractivity contribution in [2.75, 3.05) is 0 Å². The van der Waals surface area contributed by atoms with Crippen LogP contribution in [0.15, 0.2) is 60.7 Å². The van der Waals surface area contributed by atoms with E-state index in [4.69, 9.17) is 4.98 Å². The van der Waals surface area contributed by atoms with Crippen LogP contribution in [0, 0.1) is 13.8 Å². The molecule has 0 saturated heterocycles. The molecular weight excluding hydrogens is 438 g/mol. The fraction of sp³-hybridized carbons (Fsp3) is 0.259. The predicted octanol–water partition coefficient (Wildman–Crippen LogP) is 4.63. The van der Waals surface area contributed by atoms with Crippen LogP contribution in [-0.4, -0.2) is 39.8 Å². The van der Waals surface area contributed by atoms with Gasteiger partial charge in [0.05, 0.1) is 12.3 Å². The molecule has 178 valence electrons. The summed E-state index contributed by atoms with van der Waals surface area (Å²) < 4.78 is 4.29. The summed E-state index contributed by atoms with van der Waals surface area (Å²) in [7, 11) is 0. The number of hydrogen-bond donors (Lipinski definition) is 2. The van der Waals surface area contributed by atoms with Gasteiger partial charge in [-0.3, -0.25) is 0 Å². The molecule has 0 bridgehead atoms. The van der Waals surface area contributed by atoms with Crippen LogP contribution in [0.1, 0.15) is 41.8 Å². The molecular formula is C27H29N7O. The maximum atomic E-state index is 10.4. The van der Waals surface area contributed by atoms with Crippen molar-refractivity contribution >= 4 is 0 Å². The first kappa shape index (κ1) is 22.7. The summed E-state index contributed by atoms with van der Waals surface area (Å²) in [6, 6.07) is 20.7. The molecule has 0 atom stereocenters. The normalized spacial score (nSPS) is 11.3. The Kier molecular flexibility index (Phi) is 6.29. The van der Waals surface area contributed by atoms with Gasteiger partial charge in [-0.25, -0.2) is 4.98 Å². The van der Waals surface area contributed by atoms with E-state index in [1.807, 2.05) is 18.2 Å². The van der Waals surface area contributed by atoms with E-state index >= 15 is 0 Å². The Bertz CT molecular complexity index is 1410. The molecule has 8 nitrogen and oxygen atoms in total. The largest absolute Gasteiger partial charge is 0.390 e. The van der Waals surface area contributed by atoms with Crippen molar-refractivity contribution in [2.24, 2.45) is 0 Å². The van der Waals surface area contributed by atoms with Crippen LogP contribution < -0.4 is 0 Å². The SMILES string of the molecule is CCCc1nc(-n2c(C)ccc2C)c(CO)n1Cc1ccc(-c2ccccc2-c2nn[nH]n2)cc1. The number of hydrogen-bond acceptors (Lipinski definition) is 5. The van der Waals surface area contributed by atoms with Gasteiger partial charge in [-0.1, -0.05) is 55.5 Å². The minimum atomic E-state index is -0.0702. The fourth-order valence-electron chi connectivity index (χ4n) is 4.64. The molecule has 2 aromatic carbocycles. The van der Waals surface area contributed by atoms with Crippen molar-refractivity contribution < 1.29 is 5.11 Å². The van der Waals surface area contributed by atoms with Crippen LogP contribution in [0.25, 0.3) is 28.3 Å². The highest BCUT2D eigenvalue weighted by Crippen LogP contribution is 2.30. The van der Waals surface area contributed by atoms with Gasteiger partial charge in [0.2, 0.25) is 5.82 Å². The van der Waals surface area contributed by atoms with E-state index in [-0.39, 0.29) is 6.61 Å². The van der Waals surface area contributed by atoms with Crippen molar-refractivity contribution in [1.82, 2.24) is 34.7 Å². The van der Waals surface area contributed by atoms with Gasteiger partial charge in [-0.05, 0) is 54.3 Å². The summed E-state index contributed by atoms with van der Waals surface area (Å²) in [5.41, 5.74) is 7.24. The third-order valence-corrected chi connectivity index (χ3v) is 6.36. The number of tetrazole rings is 1. The Morgan fingerprint density at radius 2 is 1.63 bits per heavy atom. The second-order valence-electron chi connectivity index (χ2n) is 8.72. The third-order valence-electron chi connectivity index (χ3n) is 6.36. The van der Waals surface area contributed by atoms with Gasteiger partial charge in [0.15, 0.2) is 5.82 Å². The molecule has 5 aromatic rings. The first-order chi connectivity index (χ1) is 17.1. The summed E-state index contributed by atoms with van der Waals surface area (Å²) >= 11 is 0. The summed E-state index contributed by atoms with van der Waals surface area (Å²) in [5, 5.41) is 24.9. The number of benzene rings is 2. The molecule has 5 rings (SSSR count). The number of nitrogens with one attached hydrogen (secondary N) is 1. The molecule has 3 aromatic heterocycles. The van der Waals surface area contributed by atoms with E-state index in [1.54, 1.807) is 0 Å². The zero-order valence-electron chi connectivity index (χ0n) is 20.2. The average Bonchev–Trinajstić information content (AvgIpc) is 3.60. The topological polar surface area (TPSA) is 97.4 Å². The van der Waals surface area contributed by atoms with Crippen LogP contribution in [0.2, 0.25) is 0 Å². The lowest BCUT2D eigenvalue weighted by molar-refractivity contribution is 0.270. The average molecular weight is 468 g/mol. The van der Waals surface area contributed by atoms with Crippen LogP contribution in [0.3, 0.4) is 0 Å². The van der Waals surface area contributed by atoms with Crippen LogP contribution in [0.4, 0.5) is 0 Å². The molecule has 3 heterocycles. The van der Waals surface area contributed by atoms with Crippen molar-refractivity contribution in [1.29, 1.82) is 0 Å². The number of nitrogens with zero attached hydrogens (tertiary/aromatic N) is 6. The minimum Gasteiger partial charge on any atom is -0.390 e. The lowest BCUT2D eigenvalue weighted by Crippen LogP contribution is -2.10. The van der Waals surface area contributed by atoms with Crippen LogP contribution >= 0.6 is 0 Å². The van der Waals surface area contributed by atoms with E-state index < -0.39 is 0 Å². The highest BCUT2D eigenvalue weighted by molar-refractivity contribution is 5.80. The lowest BCUT2D eigenvalue weighted by Gasteiger charge is -2.13. The molecule has 0 unspecified atom stereocenters. The van der Waals surface area contributed by atoms with Gasteiger partial charge in [0.1, 0.15) is 5.82 Å². The van der Waals surface area contributed by atoms with Gasteiger partial charge in [-0.2, -0.15) is 5.21 Å². The summed E-state index contributed by atoms with van der Waals surface area (Å²) in [6.07, 6.45) is 1.83. The Morgan fingerprint density at radius 3 is 2.26 bits per heavy atom. The molecule has 2 N–H and O–H groups in total. The van der Waals surface area contributed by atoms with Crippen molar-refractivity contribution in [3.05, 3.63) is 89.1 Å². The molecule has 0 radical (unpaired) electrons. The van der Waals surface area contributed by atoms with Crippen LogP contribution in [0.5, 0.6) is 0 Å². The maximum absolute atomic E-state index is 10.4. The van der Waals surface area contributed by atoms with Gasteiger partial charge >= 0.3 is 0 Å². The molecule has 8 heteroatoms. The molecule has 0 spiro atoms. The number of imidazole rings is 1. The van der Waals surface area contributed by atoms with Crippen molar-refractivity contribution in [2.45, 2.75) is 46.8 Å². The maximum Gasteiger partial charge on any atom is 0.205 e. The minimum absolute atomic E-state index is 0.0702. The molecule has 0 aliphatic carbocycles. The molecule has 0 amide bonds. The Labute approximate surface area is 204 Å². The second kappa shape index (κ2) is 9.68. The number of rotatable bonds is 8. The smallest absolute Gasteiger partial charge is 0.205 e. The third kappa shape index (κ3) is 4.28. The van der Waals surface area contributed by atoms with Crippen molar-refractivity contribution in [3.8, 4) is 28.3 Å². The molecule has 0 saturated carbocycles. The Hall–Kier alpha value is -4.04. The lowest BCUT2D eigenvalue weighted by atomic mass is 9.98. The predicted molar refractivity (Wildman–Crippen MR) is 135 cm³/mol. The van der Waals surface area contributed by atoms with E-state index in [1.165, 1.54) is 0 Å². The quantitative estimate of drug-likeness (QED) is 0.347. The second-order valence-corrected chi connectivity index (χ2v) is 8.72. The number of aromatic nitrogens is 7. The highest BCUT2D eigenvalue weighted by Gasteiger charge is 2.20. The van der Waals surface area contributed by atoms with Crippen molar-refractivity contribution in [3.63, 3.8) is 0 Å². The number of aliphatic hydroxyl groups excluding tert-OH is 1. The van der Waals surface area contributed by atoms with E-state index in [0.717, 1.165) is 63.8 Å². The number of H-pyrrole nitrogens is 1. The molecule has 0 aliphatic heterocycles. The zero-order valence-corrected chi connectivity index (χ0v) is 20.2. The van der Waals surface area contributed by atoms with Gasteiger partial charge < -0.3 is 14.2 Å². The summed E-state index contributed by atoms with van der Waals surface area (Å²) in [5.74, 6) is 2.38. The number of aryl methyl sites for hydroxylation is 3. The molecule has 0 aliphatic rings. The van der Waals surface area contributed by atoms with E-state index in [0.29, 0.717) is 12.4 Å². The Morgan fingerprint density at radius 1 is 0.914 bits per heavy atom. The molecule has 0 fully saturated rings. The van der Waals surface area contributed by atoms with E-state index in [9.17, 15) is 5.11 Å². The van der Waals surface area contributed by atoms with Gasteiger partial charge in [0.25, 0.3) is 0 Å². The first-order valence-corrected chi connectivity index (χ1v) is 11.9. The standard InChI is InChI=1S/C27H29N7O/c1-4-7-25-28-27(34-18(2)10-11-19(34)3)24(17-35)33(25)16-20-12-14-21(15-13-20)22-8-5-6-9-23(22)26-29-31-32-30-26/h5-6,8-15,35H,4,7,16-17H2,1-3H3,(H,29,30,31,32). The fourth-order valence-corrected chi connectivity index (χ4v) is 4.64. The zero-order chi connectivity index (χ0) is 24.4.